The summed E-state index contributed by atoms with van der Waals surface area (Å²) in [7, 11) is 4.08. The second kappa shape index (κ2) is 3.89. The minimum absolute atomic E-state index is 0.947. The summed E-state index contributed by atoms with van der Waals surface area (Å²) in [6, 6.07) is 10.5. The third-order valence-corrected chi connectivity index (χ3v) is 2.71. The molecule has 2 nitrogen and oxygen atoms in total. The number of nitrogens with zero attached hydrogens (tertiary/aromatic N) is 2. The fraction of sp³-hybridized carbons (Fsp3) is 0.308. The number of hydrogen-bond acceptors (Lipinski definition) is 2. The van der Waals surface area contributed by atoms with Crippen molar-refractivity contribution in [3.8, 4) is 0 Å². The number of allylic oxidation sites excluding steroid dienone is 1. The van der Waals surface area contributed by atoms with Crippen molar-refractivity contribution in [3.63, 3.8) is 0 Å². The first-order valence-corrected chi connectivity index (χ1v) is 5.18. The average molecular weight is 200 g/mol. The largest absolute Gasteiger partial charge is 0.366 e. The summed E-state index contributed by atoms with van der Waals surface area (Å²) < 4.78 is 0. The van der Waals surface area contributed by atoms with Crippen molar-refractivity contribution in [2.45, 2.75) is 13.3 Å². The first kappa shape index (κ1) is 9.97. The van der Waals surface area contributed by atoms with E-state index in [4.69, 9.17) is 0 Å². The van der Waals surface area contributed by atoms with Gasteiger partial charge in [0.15, 0.2) is 0 Å². The summed E-state index contributed by atoms with van der Waals surface area (Å²) in [5.41, 5.74) is 3.78. The first-order chi connectivity index (χ1) is 7.18. The van der Waals surface area contributed by atoms with Crippen molar-refractivity contribution in [1.29, 1.82) is 0 Å². The highest BCUT2D eigenvalue weighted by molar-refractivity contribution is 5.97. The molecule has 0 amide bonds. The molecule has 0 aromatic heterocycles. The van der Waals surface area contributed by atoms with Crippen LogP contribution in [0.2, 0.25) is 0 Å². The Morgan fingerprint density at radius 1 is 1.13 bits per heavy atom. The van der Waals surface area contributed by atoms with Crippen molar-refractivity contribution in [1.82, 2.24) is 4.90 Å². The lowest BCUT2D eigenvalue weighted by Gasteiger charge is -2.12. The second-order valence-electron chi connectivity index (χ2n) is 4.03. The van der Waals surface area contributed by atoms with E-state index in [0.29, 0.717) is 0 Å². The Kier molecular flexibility index (Phi) is 2.58. The Morgan fingerprint density at radius 2 is 1.80 bits per heavy atom. The fourth-order valence-corrected chi connectivity index (χ4v) is 1.80. The van der Waals surface area contributed by atoms with Crippen LogP contribution in [0.3, 0.4) is 0 Å². The van der Waals surface area contributed by atoms with Gasteiger partial charge in [-0.2, -0.15) is 0 Å². The van der Waals surface area contributed by atoms with E-state index in [2.05, 4.69) is 41.1 Å². The smallest absolute Gasteiger partial charge is 0.108 e. The lowest BCUT2D eigenvalue weighted by molar-refractivity contribution is 0.615. The van der Waals surface area contributed by atoms with Gasteiger partial charge in [-0.25, -0.2) is 4.99 Å². The molecule has 2 heteroatoms. The number of aliphatic imine (C=N–C) groups is 1. The van der Waals surface area contributed by atoms with Gasteiger partial charge in [-0.1, -0.05) is 30.3 Å². The Balaban J connectivity index is 2.26. The Hall–Kier alpha value is -1.57. The van der Waals surface area contributed by atoms with E-state index in [-0.39, 0.29) is 0 Å². The van der Waals surface area contributed by atoms with Gasteiger partial charge in [-0.15, -0.1) is 0 Å². The summed E-state index contributed by atoms with van der Waals surface area (Å²) in [4.78, 5) is 6.65. The minimum Gasteiger partial charge on any atom is -0.366 e. The number of hydrogen-bond donors (Lipinski definition) is 0. The summed E-state index contributed by atoms with van der Waals surface area (Å²) in [6.45, 7) is 2.08. The van der Waals surface area contributed by atoms with Gasteiger partial charge >= 0.3 is 0 Å². The molecule has 15 heavy (non-hydrogen) atoms. The van der Waals surface area contributed by atoms with Gasteiger partial charge in [0.25, 0.3) is 0 Å². The van der Waals surface area contributed by atoms with Crippen LogP contribution in [0.5, 0.6) is 0 Å². The van der Waals surface area contributed by atoms with Crippen molar-refractivity contribution in [2.75, 3.05) is 14.1 Å². The van der Waals surface area contributed by atoms with Crippen LogP contribution in [0.15, 0.2) is 41.0 Å². The monoisotopic (exact) mass is 200 g/mol. The Labute approximate surface area is 90.9 Å². The molecule has 0 saturated heterocycles. The van der Waals surface area contributed by atoms with Gasteiger partial charge in [0.05, 0.1) is 0 Å². The van der Waals surface area contributed by atoms with E-state index in [0.717, 1.165) is 18.0 Å². The molecule has 1 aliphatic heterocycles. The average Bonchev–Trinajstić information content (AvgIpc) is 2.62. The third-order valence-electron chi connectivity index (χ3n) is 2.71. The van der Waals surface area contributed by atoms with E-state index in [9.17, 15) is 0 Å². The van der Waals surface area contributed by atoms with Crippen LogP contribution in [-0.2, 0) is 0 Å². The maximum Gasteiger partial charge on any atom is 0.108 e. The molecule has 0 radical (unpaired) electrons. The van der Waals surface area contributed by atoms with Crippen LogP contribution >= 0.6 is 0 Å². The molecule has 1 aromatic carbocycles. The second-order valence-corrected chi connectivity index (χ2v) is 4.03. The molecule has 1 heterocycles. The van der Waals surface area contributed by atoms with E-state index in [1.807, 2.05) is 20.2 Å². The third kappa shape index (κ3) is 1.94. The number of benzene rings is 1. The molecule has 0 unspecified atom stereocenters. The van der Waals surface area contributed by atoms with Gasteiger partial charge < -0.3 is 4.90 Å². The van der Waals surface area contributed by atoms with Crippen LogP contribution in [0.1, 0.15) is 18.9 Å². The molecule has 0 spiro atoms. The van der Waals surface area contributed by atoms with E-state index >= 15 is 0 Å². The standard InChI is InChI=1S/C13H16N2/c1-10-12(9-13(14-10)15(2)3)11-7-5-4-6-8-11/h4-8H,9H2,1-3H3. The zero-order valence-corrected chi connectivity index (χ0v) is 9.49. The molecule has 1 aromatic rings. The van der Waals surface area contributed by atoms with Crippen molar-refractivity contribution < 1.29 is 0 Å². The highest BCUT2D eigenvalue weighted by Gasteiger charge is 2.17. The zero-order valence-electron chi connectivity index (χ0n) is 9.49. The molecule has 1 aliphatic rings. The quantitative estimate of drug-likeness (QED) is 0.680. The van der Waals surface area contributed by atoms with Crippen LogP contribution in [-0.4, -0.2) is 24.8 Å². The molecule has 0 fully saturated rings. The lowest BCUT2D eigenvalue weighted by Crippen LogP contribution is -2.19. The van der Waals surface area contributed by atoms with E-state index in [1.165, 1.54) is 11.1 Å². The molecule has 78 valence electrons. The van der Waals surface area contributed by atoms with Crippen molar-refractivity contribution >= 4 is 11.4 Å². The highest BCUT2D eigenvalue weighted by Crippen LogP contribution is 2.29. The predicted molar refractivity (Wildman–Crippen MR) is 64.8 cm³/mol. The van der Waals surface area contributed by atoms with E-state index < -0.39 is 0 Å². The van der Waals surface area contributed by atoms with Gasteiger partial charge in [0.1, 0.15) is 5.84 Å². The normalized spacial score (nSPS) is 15.5. The highest BCUT2D eigenvalue weighted by atomic mass is 15.1. The van der Waals surface area contributed by atoms with Crippen LogP contribution < -0.4 is 0 Å². The predicted octanol–water partition coefficient (Wildman–Crippen LogP) is 2.78. The Morgan fingerprint density at radius 3 is 2.33 bits per heavy atom. The van der Waals surface area contributed by atoms with Gasteiger partial charge in [-0.3, -0.25) is 0 Å². The molecule has 0 atom stereocenters. The van der Waals surface area contributed by atoms with Crippen LogP contribution in [0.4, 0.5) is 0 Å². The summed E-state index contributed by atoms with van der Waals surface area (Å²) in [5, 5.41) is 0. The summed E-state index contributed by atoms with van der Waals surface area (Å²) in [5.74, 6) is 1.14. The summed E-state index contributed by atoms with van der Waals surface area (Å²) in [6.07, 6.45) is 0.947. The van der Waals surface area contributed by atoms with Crippen molar-refractivity contribution in [3.05, 3.63) is 41.6 Å². The minimum atomic E-state index is 0.947. The van der Waals surface area contributed by atoms with Gasteiger partial charge in [-0.05, 0) is 18.1 Å². The first-order valence-electron chi connectivity index (χ1n) is 5.18. The van der Waals surface area contributed by atoms with Crippen LogP contribution in [0.25, 0.3) is 5.57 Å². The maximum atomic E-state index is 4.57. The van der Waals surface area contributed by atoms with Crippen LogP contribution in [0, 0.1) is 0 Å². The molecule has 2 rings (SSSR count). The molecule has 0 aliphatic carbocycles. The molecule has 0 bridgehead atoms. The lowest BCUT2D eigenvalue weighted by atomic mass is 10.0. The summed E-state index contributed by atoms with van der Waals surface area (Å²) >= 11 is 0. The molecule has 0 N–H and O–H groups in total. The zero-order chi connectivity index (χ0) is 10.8. The number of amidine groups is 1. The molecular formula is C13H16N2. The molecular weight excluding hydrogens is 184 g/mol. The number of rotatable bonds is 1. The van der Waals surface area contributed by atoms with Gasteiger partial charge in [0, 0.05) is 26.2 Å². The molecule has 0 saturated carbocycles. The van der Waals surface area contributed by atoms with E-state index in [1.54, 1.807) is 0 Å². The van der Waals surface area contributed by atoms with Gasteiger partial charge in [0.2, 0.25) is 0 Å². The van der Waals surface area contributed by atoms with Crippen molar-refractivity contribution in [2.24, 2.45) is 4.99 Å². The SMILES string of the molecule is CC1=C(c2ccccc2)CC(N(C)C)=N1. The maximum absolute atomic E-state index is 4.57. The Bertz CT molecular complexity index is 413. The fourth-order valence-electron chi connectivity index (χ4n) is 1.80. The topological polar surface area (TPSA) is 15.6 Å².